The Balaban J connectivity index is 1.53. The highest BCUT2D eigenvalue weighted by Crippen LogP contribution is 2.26. The van der Waals surface area contributed by atoms with Gasteiger partial charge in [0.15, 0.2) is 0 Å². The van der Waals surface area contributed by atoms with E-state index in [0.29, 0.717) is 13.0 Å². The predicted octanol–water partition coefficient (Wildman–Crippen LogP) is 4.50. The van der Waals surface area contributed by atoms with Crippen molar-refractivity contribution in [2.24, 2.45) is 0 Å². The fourth-order valence-corrected chi connectivity index (χ4v) is 3.43. The van der Waals surface area contributed by atoms with E-state index in [0.717, 1.165) is 27.8 Å². The molecule has 0 aliphatic rings. The summed E-state index contributed by atoms with van der Waals surface area (Å²) in [6, 6.07) is 14.3. The van der Waals surface area contributed by atoms with E-state index in [4.69, 9.17) is 4.42 Å². The van der Waals surface area contributed by atoms with Gasteiger partial charge in [0, 0.05) is 28.1 Å². The van der Waals surface area contributed by atoms with Gasteiger partial charge in [0.2, 0.25) is 5.91 Å². The van der Waals surface area contributed by atoms with E-state index < -0.39 is 0 Å². The molecule has 3 aromatic rings. The van der Waals surface area contributed by atoms with E-state index in [2.05, 4.69) is 30.4 Å². The molecule has 0 spiro atoms. The number of benzene rings is 2. The molecule has 0 fully saturated rings. The molecule has 0 atom stereocenters. The number of carbonyl (C=O) groups is 1. The standard InChI is InChI=1S/C20H21NO2S/c1-14-8-9-18-16(13-23-20(18)15(14)2)12-19(22)21-10-11-24-17-6-4-3-5-7-17/h3-9,13H,10-12H2,1-2H3,(H,21,22). The maximum atomic E-state index is 12.2. The molecule has 0 saturated heterocycles. The third-order valence-electron chi connectivity index (χ3n) is 4.13. The van der Waals surface area contributed by atoms with Crippen LogP contribution >= 0.6 is 11.8 Å². The van der Waals surface area contributed by atoms with Crippen molar-refractivity contribution < 1.29 is 9.21 Å². The first-order valence-electron chi connectivity index (χ1n) is 8.06. The Hall–Kier alpha value is -2.20. The zero-order valence-electron chi connectivity index (χ0n) is 14.0. The lowest BCUT2D eigenvalue weighted by molar-refractivity contribution is -0.120. The summed E-state index contributed by atoms with van der Waals surface area (Å²) in [5, 5.41) is 4.01. The molecule has 0 bridgehead atoms. The number of amides is 1. The van der Waals surface area contributed by atoms with Gasteiger partial charge in [0.1, 0.15) is 5.58 Å². The number of rotatable bonds is 6. The topological polar surface area (TPSA) is 42.2 Å². The molecule has 1 heterocycles. The van der Waals surface area contributed by atoms with Gasteiger partial charge < -0.3 is 9.73 Å². The van der Waals surface area contributed by atoms with E-state index in [1.807, 2.05) is 31.2 Å². The van der Waals surface area contributed by atoms with Gasteiger partial charge in [0.25, 0.3) is 0 Å². The van der Waals surface area contributed by atoms with Crippen molar-refractivity contribution in [3.63, 3.8) is 0 Å². The van der Waals surface area contributed by atoms with E-state index in [1.165, 1.54) is 10.5 Å². The van der Waals surface area contributed by atoms with Crippen molar-refractivity contribution in [1.82, 2.24) is 5.32 Å². The fraction of sp³-hybridized carbons (Fsp3) is 0.250. The van der Waals surface area contributed by atoms with Crippen LogP contribution in [-0.4, -0.2) is 18.2 Å². The molecule has 4 heteroatoms. The molecular weight excluding hydrogens is 318 g/mol. The smallest absolute Gasteiger partial charge is 0.224 e. The minimum atomic E-state index is 0.0320. The SMILES string of the molecule is Cc1ccc2c(CC(=O)NCCSc3ccccc3)coc2c1C. The molecule has 0 unspecified atom stereocenters. The first kappa shape index (κ1) is 16.7. The zero-order chi connectivity index (χ0) is 16.9. The van der Waals surface area contributed by atoms with E-state index in [9.17, 15) is 4.79 Å². The minimum absolute atomic E-state index is 0.0320. The van der Waals surface area contributed by atoms with Crippen molar-refractivity contribution in [2.45, 2.75) is 25.2 Å². The lowest BCUT2D eigenvalue weighted by Gasteiger charge is -2.05. The number of nitrogens with one attached hydrogen (secondary N) is 1. The molecule has 124 valence electrons. The van der Waals surface area contributed by atoms with Crippen LogP contribution in [0, 0.1) is 13.8 Å². The van der Waals surface area contributed by atoms with Crippen LogP contribution in [0.25, 0.3) is 11.0 Å². The van der Waals surface area contributed by atoms with Gasteiger partial charge in [0.05, 0.1) is 12.7 Å². The maximum absolute atomic E-state index is 12.2. The van der Waals surface area contributed by atoms with Crippen molar-refractivity contribution in [1.29, 1.82) is 0 Å². The molecule has 3 rings (SSSR count). The molecule has 0 aliphatic carbocycles. The van der Waals surface area contributed by atoms with Gasteiger partial charge in [-0.15, -0.1) is 11.8 Å². The third kappa shape index (κ3) is 3.82. The van der Waals surface area contributed by atoms with E-state index in [1.54, 1.807) is 18.0 Å². The first-order chi connectivity index (χ1) is 11.6. The summed E-state index contributed by atoms with van der Waals surface area (Å²) in [5.74, 6) is 0.893. The molecular formula is C20H21NO2S. The van der Waals surface area contributed by atoms with Crippen LogP contribution in [0.2, 0.25) is 0 Å². The van der Waals surface area contributed by atoms with Crippen molar-refractivity contribution in [3.8, 4) is 0 Å². The molecule has 0 aliphatic heterocycles. The number of fused-ring (bicyclic) bond motifs is 1. The molecule has 24 heavy (non-hydrogen) atoms. The van der Waals surface area contributed by atoms with Crippen LogP contribution in [-0.2, 0) is 11.2 Å². The van der Waals surface area contributed by atoms with Gasteiger partial charge in [-0.05, 0) is 37.1 Å². The molecule has 0 saturated carbocycles. The van der Waals surface area contributed by atoms with Gasteiger partial charge in [-0.3, -0.25) is 4.79 Å². The Morgan fingerprint density at radius 1 is 1.12 bits per heavy atom. The van der Waals surface area contributed by atoms with Gasteiger partial charge >= 0.3 is 0 Å². The normalized spacial score (nSPS) is 10.9. The number of hydrogen-bond donors (Lipinski definition) is 1. The Morgan fingerprint density at radius 2 is 1.92 bits per heavy atom. The largest absolute Gasteiger partial charge is 0.464 e. The molecule has 1 aromatic heterocycles. The second kappa shape index (κ2) is 7.58. The summed E-state index contributed by atoms with van der Waals surface area (Å²) in [6.45, 7) is 4.77. The highest BCUT2D eigenvalue weighted by atomic mass is 32.2. The van der Waals surface area contributed by atoms with Gasteiger partial charge in [-0.25, -0.2) is 0 Å². The van der Waals surface area contributed by atoms with Crippen molar-refractivity contribution in [3.05, 3.63) is 65.4 Å². The second-order valence-electron chi connectivity index (χ2n) is 5.83. The highest BCUT2D eigenvalue weighted by Gasteiger charge is 2.12. The average molecular weight is 339 g/mol. The number of thioether (sulfide) groups is 1. The fourth-order valence-electron chi connectivity index (χ4n) is 2.64. The van der Waals surface area contributed by atoms with Gasteiger partial charge in [-0.2, -0.15) is 0 Å². The molecule has 3 nitrogen and oxygen atoms in total. The highest BCUT2D eigenvalue weighted by molar-refractivity contribution is 7.99. The van der Waals surface area contributed by atoms with Crippen molar-refractivity contribution in [2.75, 3.05) is 12.3 Å². The Morgan fingerprint density at radius 3 is 2.71 bits per heavy atom. The maximum Gasteiger partial charge on any atom is 0.224 e. The summed E-state index contributed by atoms with van der Waals surface area (Å²) >= 11 is 1.74. The lowest BCUT2D eigenvalue weighted by Crippen LogP contribution is -2.27. The molecule has 2 aromatic carbocycles. The van der Waals surface area contributed by atoms with E-state index >= 15 is 0 Å². The number of hydrogen-bond acceptors (Lipinski definition) is 3. The minimum Gasteiger partial charge on any atom is -0.464 e. The van der Waals surface area contributed by atoms with Gasteiger partial charge in [-0.1, -0.05) is 30.3 Å². The van der Waals surface area contributed by atoms with Crippen LogP contribution in [0.3, 0.4) is 0 Å². The average Bonchev–Trinajstić information content (AvgIpc) is 2.99. The van der Waals surface area contributed by atoms with Crippen LogP contribution in [0.5, 0.6) is 0 Å². The summed E-state index contributed by atoms with van der Waals surface area (Å²) < 4.78 is 5.66. The Kier molecular flexibility index (Phi) is 5.26. The van der Waals surface area contributed by atoms with Crippen molar-refractivity contribution >= 4 is 28.6 Å². The number of furan rings is 1. The monoisotopic (exact) mass is 339 g/mol. The van der Waals surface area contributed by atoms with Crippen LogP contribution in [0.4, 0.5) is 0 Å². The number of aryl methyl sites for hydroxylation is 2. The Labute approximate surface area is 146 Å². The Bertz CT molecular complexity index is 839. The molecule has 1 N–H and O–H groups in total. The summed E-state index contributed by atoms with van der Waals surface area (Å²) in [7, 11) is 0. The number of carbonyl (C=O) groups excluding carboxylic acids is 1. The quantitative estimate of drug-likeness (QED) is 0.531. The predicted molar refractivity (Wildman–Crippen MR) is 99.6 cm³/mol. The molecule has 0 radical (unpaired) electrons. The first-order valence-corrected chi connectivity index (χ1v) is 9.04. The third-order valence-corrected chi connectivity index (χ3v) is 5.14. The second-order valence-corrected chi connectivity index (χ2v) is 7.00. The lowest BCUT2D eigenvalue weighted by atomic mass is 10.0. The molecule has 1 amide bonds. The summed E-state index contributed by atoms with van der Waals surface area (Å²) in [5.41, 5.74) is 4.17. The summed E-state index contributed by atoms with van der Waals surface area (Å²) in [6.07, 6.45) is 2.06. The summed E-state index contributed by atoms with van der Waals surface area (Å²) in [4.78, 5) is 13.4. The zero-order valence-corrected chi connectivity index (χ0v) is 14.8. The van der Waals surface area contributed by atoms with Crippen LogP contribution in [0.1, 0.15) is 16.7 Å². The van der Waals surface area contributed by atoms with Crippen LogP contribution in [0.15, 0.2) is 58.0 Å². The van der Waals surface area contributed by atoms with E-state index in [-0.39, 0.29) is 5.91 Å². The van der Waals surface area contributed by atoms with Crippen LogP contribution < -0.4 is 5.32 Å².